The van der Waals surface area contributed by atoms with Gasteiger partial charge in [0, 0.05) is 25.4 Å². The summed E-state index contributed by atoms with van der Waals surface area (Å²) in [6.07, 6.45) is 6.63. The molecule has 0 aliphatic heterocycles. The first-order valence-corrected chi connectivity index (χ1v) is 5.91. The molecule has 0 aliphatic carbocycles. The van der Waals surface area contributed by atoms with Crippen LogP contribution in [0.5, 0.6) is 5.88 Å². The maximum atomic E-state index is 5.02. The van der Waals surface area contributed by atoms with Crippen LogP contribution in [0.1, 0.15) is 12.5 Å². The number of aryl methyl sites for hydroxylation is 1. The summed E-state index contributed by atoms with van der Waals surface area (Å²) in [5.41, 5.74) is 2.21. The van der Waals surface area contributed by atoms with Gasteiger partial charge < -0.3 is 10.1 Å². The maximum Gasteiger partial charge on any atom is 0.213 e. The van der Waals surface area contributed by atoms with E-state index in [1.807, 2.05) is 36.3 Å². The fraction of sp³-hybridized carbons (Fsp3) is 0.385. The highest BCUT2D eigenvalue weighted by Crippen LogP contribution is 2.13. The van der Waals surface area contributed by atoms with E-state index in [4.69, 9.17) is 4.74 Å². The van der Waals surface area contributed by atoms with Crippen molar-refractivity contribution >= 4 is 5.69 Å². The zero-order valence-corrected chi connectivity index (χ0v) is 10.9. The lowest BCUT2D eigenvalue weighted by molar-refractivity contribution is 0.398. The van der Waals surface area contributed by atoms with Crippen molar-refractivity contribution in [1.29, 1.82) is 0 Å². The topological polar surface area (TPSA) is 52.0 Å². The second-order valence-corrected chi connectivity index (χ2v) is 4.36. The van der Waals surface area contributed by atoms with Gasteiger partial charge in [0.1, 0.15) is 0 Å². The average Bonchev–Trinajstić information content (AvgIpc) is 2.75. The van der Waals surface area contributed by atoms with E-state index >= 15 is 0 Å². The summed E-state index contributed by atoms with van der Waals surface area (Å²) in [5.74, 6) is 0.625. The highest BCUT2D eigenvalue weighted by atomic mass is 16.5. The van der Waals surface area contributed by atoms with E-state index in [1.165, 1.54) is 5.56 Å². The quantitative estimate of drug-likeness (QED) is 0.875. The number of pyridine rings is 1. The van der Waals surface area contributed by atoms with Crippen LogP contribution in [0, 0.1) is 0 Å². The molecule has 0 spiro atoms. The molecule has 0 fully saturated rings. The zero-order chi connectivity index (χ0) is 13.0. The predicted octanol–water partition coefficient (Wildman–Crippen LogP) is 1.87. The Balaban J connectivity index is 1.91. The molecule has 0 amide bonds. The van der Waals surface area contributed by atoms with Crippen LogP contribution in [0.2, 0.25) is 0 Å². The number of nitrogens with zero attached hydrogens (tertiary/aromatic N) is 3. The van der Waals surface area contributed by atoms with Gasteiger partial charge in [-0.3, -0.25) is 4.68 Å². The summed E-state index contributed by atoms with van der Waals surface area (Å²) in [6, 6.07) is 4.13. The summed E-state index contributed by atoms with van der Waals surface area (Å²) in [7, 11) is 3.54. The van der Waals surface area contributed by atoms with Crippen LogP contribution in [0.25, 0.3) is 0 Å². The van der Waals surface area contributed by atoms with Gasteiger partial charge in [0.2, 0.25) is 5.88 Å². The standard InChI is InChI=1S/C13H18N4O/c1-10(6-11-7-15-17(2)9-11)16-12-4-5-13(18-3)14-8-12/h4-5,7-10,16H,6H2,1-3H3/t10-/m1/s1. The number of hydrogen-bond acceptors (Lipinski definition) is 4. The molecule has 0 saturated carbocycles. The number of hydrogen-bond donors (Lipinski definition) is 1. The summed E-state index contributed by atoms with van der Waals surface area (Å²) in [4.78, 5) is 4.16. The molecule has 2 rings (SSSR count). The number of anilines is 1. The molecule has 2 aromatic rings. The van der Waals surface area contributed by atoms with Gasteiger partial charge in [0.15, 0.2) is 0 Å². The second kappa shape index (κ2) is 5.53. The molecule has 96 valence electrons. The van der Waals surface area contributed by atoms with Crippen LogP contribution in [0.3, 0.4) is 0 Å². The first-order valence-electron chi connectivity index (χ1n) is 5.91. The lowest BCUT2D eigenvalue weighted by Gasteiger charge is -2.14. The molecule has 5 heteroatoms. The van der Waals surface area contributed by atoms with Crippen LogP contribution in [-0.2, 0) is 13.5 Å². The molecule has 0 unspecified atom stereocenters. The van der Waals surface area contributed by atoms with Crippen molar-refractivity contribution in [2.45, 2.75) is 19.4 Å². The van der Waals surface area contributed by atoms with Crippen LogP contribution >= 0.6 is 0 Å². The Kier molecular flexibility index (Phi) is 3.82. The fourth-order valence-electron chi connectivity index (χ4n) is 1.85. The lowest BCUT2D eigenvalue weighted by Crippen LogP contribution is -2.17. The van der Waals surface area contributed by atoms with Crippen LogP contribution in [0.15, 0.2) is 30.7 Å². The Morgan fingerprint density at radius 1 is 1.39 bits per heavy atom. The van der Waals surface area contributed by atoms with E-state index in [0.717, 1.165) is 12.1 Å². The molecule has 0 aromatic carbocycles. The average molecular weight is 246 g/mol. The second-order valence-electron chi connectivity index (χ2n) is 4.36. The Morgan fingerprint density at radius 2 is 2.22 bits per heavy atom. The van der Waals surface area contributed by atoms with E-state index in [9.17, 15) is 0 Å². The van der Waals surface area contributed by atoms with Crippen molar-refractivity contribution in [1.82, 2.24) is 14.8 Å². The molecular formula is C13H18N4O. The molecule has 1 N–H and O–H groups in total. The van der Waals surface area contributed by atoms with Crippen LogP contribution in [0.4, 0.5) is 5.69 Å². The summed E-state index contributed by atoms with van der Waals surface area (Å²) >= 11 is 0. The minimum Gasteiger partial charge on any atom is -0.481 e. The van der Waals surface area contributed by atoms with Crippen molar-refractivity contribution < 1.29 is 4.74 Å². The molecule has 2 heterocycles. The third kappa shape index (κ3) is 3.23. The van der Waals surface area contributed by atoms with Crippen molar-refractivity contribution in [3.05, 3.63) is 36.3 Å². The molecule has 0 radical (unpaired) electrons. The summed E-state index contributed by atoms with van der Waals surface area (Å²) in [5, 5.41) is 7.56. The number of ether oxygens (including phenoxy) is 1. The Morgan fingerprint density at radius 3 is 2.78 bits per heavy atom. The third-order valence-corrected chi connectivity index (χ3v) is 2.66. The van der Waals surface area contributed by atoms with E-state index < -0.39 is 0 Å². The number of nitrogens with one attached hydrogen (secondary N) is 1. The van der Waals surface area contributed by atoms with E-state index in [1.54, 1.807) is 13.3 Å². The Bertz CT molecular complexity index is 492. The minimum absolute atomic E-state index is 0.324. The molecule has 0 saturated heterocycles. The van der Waals surface area contributed by atoms with Gasteiger partial charge in [-0.15, -0.1) is 0 Å². The van der Waals surface area contributed by atoms with Gasteiger partial charge >= 0.3 is 0 Å². The van der Waals surface area contributed by atoms with Gasteiger partial charge in [-0.2, -0.15) is 5.10 Å². The molecule has 2 aromatic heterocycles. The van der Waals surface area contributed by atoms with Gasteiger partial charge in [0.25, 0.3) is 0 Å². The zero-order valence-electron chi connectivity index (χ0n) is 10.9. The van der Waals surface area contributed by atoms with E-state index in [0.29, 0.717) is 11.9 Å². The highest BCUT2D eigenvalue weighted by molar-refractivity contribution is 5.43. The molecule has 18 heavy (non-hydrogen) atoms. The SMILES string of the molecule is COc1ccc(N[C@H](C)Cc2cnn(C)c2)cn1. The van der Waals surface area contributed by atoms with Crippen LogP contribution in [-0.4, -0.2) is 27.9 Å². The first kappa shape index (κ1) is 12.4. The molecule has 0 bridgehead atoms. The first-order chi connectivity index (χ1) is 8.67. The maximum absolute atomic E-state index is 5.02. The number of rotatable bonds is 5. The summed E-state index contributed by atoms with van der Waals surface area (Å²) in [6.45, 7) is 2.14. The smallest absolute Gasteiger partial charge is 0.213 e. The third-order valence-electron chi connectivity index (χ3n) is 2.66. The van der Waals surface area contributed by atoms with Gasteiger partial charge in [0.05, 0.1) is 25.2 Å². The van der Waals surface area contributed by atoms with Crippen molar-refractivity contribution in [2.24, 2.45) is 7.05 Å². The molecular weight excluding hydrogens is 228 g/mol. The van der Waals surface area contributed by atoms with Gasteiger partial charge in [-0.05, 0) is 25.0 Å². The highest BCUT2D eigenvalue weighted by Gasteiger charge is 2.05. The Labute approximate surface area is 107 Å². The minimum atomic E-state index is 0.324. The largest absolute Gasteiger partial charge is 0.481 e. The van der Waals surface area contributed by atoms with E-state index in [2.05, 4.69) is 22.3 Å². The number of aromatic nitrogens is 3. The lowest BCUT2D eigenvalue weighted by atomic mass is 10.1. The van der Waals surface area contributed by atoms with Gasteiger partial charge in [-0.25, -0.2) is 4.98 Å². The molecule has 0 aliphatic rings. The molecule has 1 atom stereocenters. The van der Waals surface area contributed by atoms with Crippen molar-refractivity contribution in [3.63, 3.8) is 0 Å². The monoisotopic (exact) mass is 246 g/mol. The predicted molar refractivity (Wildman–Crippen MR) is 70.8 cm³/mol. The molecule has 5 nitrogen and oxygen atoms in total. The number of methoxy groups -OCH3 is 1. The fourth-order valence-corrected chi connectivity index (χ4v) is 1.85. The summed E-state index contributed by atoms with van der Waals surface area (Å²) < 4.78 is 6.84. The van der Waals surface area contributed by atoms with Crippen LogP contribution < -0.4 is 10.1 Å². The Hall–Kier alpha value is -2.04. The van der Waals surface area contributed by atoms with E-state index in [-0.39, 0.29) is 0 Å². The van der Waals surface area contributed by atoms with Crippen molar-refractivity contribution in [2.75, 3.05) is 12.4 Å². The normalized spacial score (nSPS) is 12.2. The van der Waals surface area contributed by atoms with Gasteiger partial charge in [-0.1, -0.05) is 0 Å². The van der Waals surface area contributed by atoms with Crippen molar-refractivity contribution in [3.8, 4) is 5.88 Å².